The molecule has 1 N–H and O–H groups in total. The van der Waals surface area contributed by atoms with E-state index in [-0.39, 0.29) is 16.0 Å². The van der Waals surface area contributed by atoms with Crippen molar-refractivity contribution in [3.63, 3.8) is 0 Å². The summed E-state index contributed by atoms with van der Waals surface area (Å²) in [6.45, 7) is 10.1. The molecule has 1 aromatic heterocycles. The maximum absolute atomic E-state index is 12.0. The summed E-state index contributed by atoms with van der Waals surface area (Å²) in [7, 11) is 0. The van der Waals surface area contributed by atoms with Gasteiger partial charge in [0.05, 0.1) is 0 Å². The Hall–Kier alpha value is -1.84. The van der Waals surface area contributed by atoms with E-state index in [1.54, 1.807) is 6.07 Å². The number of aromatic amines is 1. The fourth-order valence-electron chi connectivity index (χ4n) is 3.54. The molecule has 1 aliphatic rings. The van der Waals surface area contributed by atoms with Gasteiger partial charge in [0.1, 0.15) is 5.02 Å². The van der Waals surface area contributed by atoms with Crippen molar-refractivity contribution in [2.75, 3.05) is 19.6 Å². The molecule has 0 aliphatic carbocycles. The Balaban J connectivity index is 1.90. The summed E-state index contributed by atoms with van der Waals surface area (Å²) in [5, 5.41) is 0.221. The number of nitrogens with one attached hydrogen (secondary N) is 1. The van der Waals surface area contributed by atoms with Crippen LogP contribution in [0.15, 0.2) is 47.3 Å². The lowest BCUT2D eigenvalue weighted by molar-refractivity contribution is 0.346. The zero-order chi connectivity index (χ0) is 19.4. The highest BCUT2D eigenvalue weighted by molar-refractivity contribution is 6.30. The van der Waals surface area contributed by atoms with Gasteiger partial charge in [-0.2, -0.15) is 0 Å². The minimum Gasteiger partial charge on any atom is -0.321 e. The SMILES string of the molecule is CC(C)(C)c1ccc(C(=CCCN2CCCC2)c2ccc(Cl)c(=O)[nH]2)cc1. The van der Waals surface area contributed by atoms with E-state index >= 15 is 0 Å². The molecule has 0 amide bonds. The Morgan fingerprint density at radius 3 is 2.37 bits per heavy atom. The third-order valence-electron chi connectivity index (χ3n) is 5.21. The summed E-state index contributed by atoms with van der Waals surface area (Å²) in [6, 6.07) is 12.2. The molecule has 0 radical (unpaired) electrons. The number of nitrogens with zero attached hydrogens (tertiary/aromatic N) is 1. The van der Waals surface area contributed by atoms with E-state index in [4.69, 9.17) is 11.6 Å². The molecule has 0 atom stereocenters. The van der Waals surface area contributed by atoms with Gasteiger partial charge in [-0.15, -0.1) is 0 Å². The summed E-state index contributed by atoms with van der Waals surface area (Å²) in [6.07, 6.45) is 5.80. The van der Waals surface area contributed by atoms with Crippen LogP contribution in [0.3, 0.4) is 0 Å². The number of rotatable bonds is 5. The molecular formula is C23H29ClN2O. The first-order chi connectivity index (χ1) is 12.8. The molecule has 2 heterocycles. The second kappa shape index (κ2) is 8.45. The molecule has 4 heteroatoms. The van der Waals surface area contributed by atoms with Crippen LogP contribution in [0.2, 0.25) is 5.02 Å². The number of H-pyrrole nitrogens is 1. The molecule has 2 aromatic rings. The van der Waals surface area contributed by atoms with Gasteiger partial charge in [-0.3, -0.25) is 4.79 Å². The van der Waals surface area contributed by atoms with E-state index in [1.165, 1.54) is 31.5 Å². The Labute approximate surface area is 167 Å². The number of hydrogen-bond donors (Lipinski definition) is 1. The average Bonchev–Trinajstić information content (AvgIpc) is 3.14. The molecular weight excluding hydrogens is 356 g/mol. The van der Waals surface area contributed by atoms with Crippen molar-refractivity contribution in [1.82, 2.24) is 9.88 Å². The van der Waals surface area contributed by atoms with E-state index in [0.717, 1.165) is 29.8 Å². The van der Waals surface area contributed by atoms with Crippen LogP contribution >= 0.6 is 11.6 Å². The minimum absolute atomic E-state index is 0.118. The van der Waals surface area contributed by atoms with Gasteiger partial charge in [0.15, 0.2) is 0 Å². The third kappa shape index (κ3) is 5.12. The maximum Gasteiger partial charge on any atom is 0.267 e. The van der Waals surface area contributed by atoms with Crippen molar-refractivity contribution in [3.05, 3.63) is 74.7 Å². The Bertz CT molecular complexity index is 853. The van der Waals surface area contributed by atoms with Crippen LogP contribution in [-0.4, -0.2) is 29.5 Å². The molecule has 1 fully saturated rings. The van der Waals surface area contributed by atoms with E-state index < -0.39 is 0 Å². The minimum atomic E-state index is -0.245. The number of pyridine rings is 1. The number of likely N-dealkylation sites (tertiary alicyclic amines) is 1. The van der Waals surface area contributed by atoms with E-state index in [9.17, 15) is 4.79 Å². The van der Waals surface area contributed by atoms with Crippen molar-refractivity contribution in [2.24, 2.45) is 0 Å². The Morgan fingerprint density at radius 2 is 1.78 bits per heavy atom. The number of halogens is 1. The number of hydrogen-bond acceptors (Lipinski definition) is 2. The second-order valence-corrected chi connectivity index (χ2v) is 8.74. The predicted octanol–water partition coefficient (Wildman–Crippen LogP) is 5.24. The summed E-state index contributed by atoms with van der Waals surface area (Å²) >= 11 is 5.92. The molecule has 144 valence electrons. The average molecular weight is 385 g/mol. The molecule has 0 spiro atoms. The van der Waals surface area contributed by atoms with Gasteiger partial charge in [0, 0.05) is 17.8 Å². The zero-order valence-corrected chi connectivity index (χ0v) is 17.3. The van der Waals surface area contributed by atoms with Gasteiger partial charge in [-0.05, 0) is 61.0 Å². The molecule has 0 unspecified atom stereocenters. The Morgan fingerprint density at radius 1 is 1.11 bits per heavy atom. The van der Waals surface area contributed by atoms with Gasteiger partial charge >= 0.3 is 0 Å². The topological polar surface area (TPSA) is 36.1 Å². The Kier molecular flexibility index (Phi) is 6.23. The van der Waals surface area contributed by atoms with Crippen LogP contribution < -0.4 is 5.56 Å². The standard InChI is InChI=1S/C23H29ClN2O/c1-23(2,3)18-10-8-17(9-11-18)19(7-6-16-26-14-4-5-15-26)21-13-12-20(24)22(27)25-21/h7-13H,4-6,14-16H2,1-3H3,(H,25,27). The van der Waals surface area contributed by atoms with Crippen LogP contribution in [0.25, 0.3) is 5.57 Å². The van der Waals surface area contributed by atoms with E-state index in [0.29, 0.717) is 0 Å². The lowest BCUT2D eigenvalue weighted by atomic mass is 9.86. The fourth-order valence-corrected chi connectivity index (χ4v) is 3.65. The van der Waals surface area contributed by atoms with Crippen molar-refractivity contribution in [1.29, 1.82) is 0 Å². The lowest BCUT2D eigenvalue weighted by Gasteiger charge is -2.20. The highest BCUT2D eigenvalue weighted by Crippen LogP contribution is 2.27. The highest BCUT2D eigenvalue weighted by Gasteiger charge is 2.15. The van der Waals surface area contributed by atoms with Crippen molar-refractivity contribution in [3.8, 4) is 0 Å². The van der Waals surface area contributed by atoms with Crippen molar-refractivity contribution >= 4 is 17.2 Å². The van der Waals surface area contributed by atoms with E-state index in [1.807, 2.05) is 6.07 Å². The van der Waals surface area contributed by atoms with Gasteiger partial charge < -0.3 is 9.88 Å². The van der Waals surface area contributed by atoms with Crippen molar-refractivity contribution in [2.45, 2.75) is 45.4 Å². The molecule has 1 aliphatic heterocycles. The first-order valence-corrected chi connectivity index (χ1v) is 10.1. The fraction of sp³-hybridized carbons (Fsp3) is 0.435. The van der Waals surface area contributed by atoms with Crippen molar-refractivity contribution < 1.29 is 0 Å². The lowest BCUT2D eigenvalue weighted by Crippen LogP contribution is -2.19. The van der Waals surface area contributed by atoms with Crippen LogP contribution in [0.1, 0.15) is 56.9 Å². The summed E-state index contributed by atoms with van der Waals surface area (Å²) in [5.41, 5.74) is 4.16. The molecule has 0 bridgehead atoms. The first kappa shape index (κ1) is 19.9. The largest absolute Gasteiger partial charge is 0.321 e. The molecule has 3 nitrogen and oxygen atoms in total. The predicted molar refractivity (Wildman–Crippen MR) is 115 cm³/mol. The zero-order valence-electron chi connectivity index (χ0n) is 16.5. The van der Waals surface area contributed by atoms with Crippen LogP contribution in [0.4, 0.5) is 0 Å². The smallest absolute Gasteiger partial charge is 0.267 e. The highest BCUT2D eigenvalue weighted by atomic mass is 35.5. The maximum atomic E-state index is 12.0. The monoisotopic (exact) mass is 384 g/mol. The van der Waals surface area contributed by atoms with Gasteiger partial charge in [0.25, 0.3) is 5.56 Å². The third-order valence-corrected chi connectivity index (χ3v) is 5.50. The second-order valence-electron chi connectivity index (χ2n) is 8.33. The quantitative estimate of drug-likeness (QED) is 0.764. The molecule has 27 heavy (non-hydrogen) atoms. The number of benzene rings is 1. The molecule has 0 saturated carbocycles. The summed E-state index contributed by atoms with van der Waals surface area (Å²) in [4.78, 5) is 17.5. The molecule has 1 aromatic carbocycles. The normalized spacial score (nSPS) is 16.1. The van der Waals surface area contributed by atoms with Crippen LogP contribution in [0.5, 0.6) is 0 Å². The number of aromatic nitrogens is 1. The first-order valence-electron chi connectivity index (χ1n) is 9.77. The van der Waals surface area contributed by atoms with E-state index in [2.05, 4.69) is 61.0 Å². The van der Waals surface area contributed by atoms with Gasteiger partial charge in [-0.1, -0.05) is 62.7 Å². The summed E-state index contributed by atoms with van der Waals surface area (Å²) < 4.78 is 0. The van der Waals surface area contributed by atoms with Gasteiger partial charge in [-0.25, -0.2) is 0 Å². The summed E-state index contributed by atoms with van der Waals surface area (Å²) in [5.74, 6) is 0. The molecule has 3 rings (SSSR count). The molecule has 1 saturated heterocycles. The van der Waals surface area contributed by atoms with Crippen LogP contribution in [0, 0.1) is 0 Å². The van der Waals surface area contributed by atoms with Crippen LogP contribution in [-0.2, 0) is 5.41 Å². The van der Waals surface area contributed by atoms with Gasteiger partial charge in [0.2, 0.25) is 0 Å².